The van der Waals surface area contributed by atoms with E-state index < -0.39 is 0 Å². The van der Waals surface area contributed by atoms with Gasteiger partial charge in [-0.3, -0.25) is 14.5 Å². The Bertz CT molecular complexity index is 471. The molecule has 0 saturated heterocycles. The fourth-order valence-electron chi connectivity index (χ4n) is 2.49. The van der Waals surface area contributed by atoms with E-state index in [-0.39, 0.29) is 17.4 Å². The lowest BCUT2D eigenvalue weighted by molar-refractivity contribution is 0.0572. The molecule has 0 bridgehead atoms. The summed E-state index contributed by atoms with van der Waals surface area (Å²) in [7, 11) is 0. The summed E-state index contributed by atoms with van der Waals surface area (Å²) < 4.78 is 0. The van der Waals surface area contributed by atoms with Crippen molar-refractivity contribution in [1.82, 2.24) is 4.90 Å². The number of benzene rings is 1. The monoisotopic (exact) mass is 230 g/mol. The van der Waals surface area contributed by atoms with Gasteiger partial charge in [0.15, 0.2) is 0 Å². The maximum absolute atomic E-state index is 12.1. The normalized spacial score (nSPS) is 21.4. The maximum atomic E-state index is 12.1. The number of imide groups is 1. The number of nitrogens with two attached hydrogens (primary N) is 1. The summed E-state index contributed by atoms with van der Waals surface area (Å²) in [5.41, 5.74) is 6.74. The molecular weight excluding hydrogens is 216 g/mol. The Morgan fingerprint density at radius 3 is 2.06 bits per heavy atom. The molecule has 0 atom stereocenters. The minimum Gasteiger partial charge on any atom is -0.324 e. The number of amides is 2. The Kier molecular flexibility index (Phi) is 2.10. The Morgan fingerprint density at radius 2 is 1.65 bits per heavy atom. The molecule has 0 radical (unpaired) electrons. The van der Waals surface area contributed by atoms with Gasteiger partial charge in [0, 0.05) is 12.1 Å². The van der Waals surface area contributed by atoms with Crippen LogP contribution in [0.25, 0.3) is 0 Å². The van der Waals surface area contributed by atoms with Crippen LogP contribution in [0.2, 0.25) is 0 Å². The third-order valence-electron chi connectivity index (χ3n) is 3.70. The van der Waals surface area contributed by atoms with Crippen molar-refractivity contribution in [1.29, 1.82) is 0 Å². The van der Waals surface area contributed by atoms with Crippen molar-refractivity contribution in [3.05, 3.63) is 35.4 Å². The summed E-state index contributed by atoms with van der Waals surface area (Å²) >= 11 is 0. The molecule has 1 fully saturated rings. The van der Waals surface area contributed by atoms with Gasteiger partial charge in [0.05, 0.1) is 11.1 Å². The van der Waals surface area contributed by atoms with E-state index >= 15 is 0 Å². The highest BCUT2D eigenvalue weighted by Gasteiger charge is 2.42. The van der Waals surface area contributed by atoms with Gasteiger partial charge in [0.2, 0.25) is 0 Å². The summed E-state index contributed by atoms with van der Waals surface area (Å²) in [6.07, 6.45) is 2.86. The van der Waals surface area contributed by atoms with Crippen LogP contribution in [0.5, 0.6) is 0 Å². The zero-order valence-electron chi connectivity index (χ0n) is 9.48. The topological polar surface area (TPSA) is 63.4 Å². The fraction of sp³-hybridized carbons (Fsp3) is 0.385. The second-order valence-corrected chi connectivity index (χ2v) is 4.96. The zero-order chi connectivity index (χ0) is 12.0. The molecule has 1 aromatic rings. The molecular formula is C13H14N2O2. The van der Waals surface area contributed by atoms with E-state index in [1.807, 2.05) is 0 Å². The van der Waals surface area contributed by atoms with Crippen LogP contribution in [-0.4, -0.2) is 28.8 Å². The summed E-state index contributed by atoms with van der Waals surface area (Å²) in [4.78, 5) is 25.4. The van der Waals surface area contributed by atoms with Gasteiger partial charge in [0.1, 0.15) is 0 Å². The van der Waals surface area contributed by atoms with Crippen LogP contribution in [0, 0.1) is 0 Å². The molecule has 1 aliphatic carbocycles. The second kappa shape index (κ2) is 3.40. The van der Waals surface area contributed by atoms with Gasteiger partial charge in [-0.25, -0.2) is 0 Å². The van der Waals surface area contributed by atoms with E-state index in [4.69, 9.17) is 5.73 Å². The molecule has 4 nitrogen and oxygen atoms in total. The first kappa shape index (κ1) is 10.5. The van der Waals surface area contributed by atoms with Crippen LogP contribution in [0.15, 0.2) is 24.3 Å². The van der Waals surface area contributed by atoms with E-state index in [1.54, 1.807) is 24.3 Å². The average molecular weight is 230 g/mol. The average Bonchev–Trinajstić information content (AvgIpc) is 2.53. The van der Waals surface area contributed by atoms with Gasteiger partial charge in [-0.1, -0.05) is 12.1 Å². The molecule has 1 saturated carbocycles. The molecule has 17 heavy (non-hydrogen) atoms. The predicted octanol–water partition coefficient (Wildman–Crippen LogP) is 1.16. The van der Waals surface area contributed by atoms with Crippen molar-refractivity contribution >= 4 is 11.8 Å². The highest BCUT2D eigenvalue weighted by molar-refractivity contribution is 6.21. The summed E-state index contributed by atoms with van der Waals surface area (Å²) in [5.74, 6) is -0.412. The lowest BCUT2D eigenvalue weighted by Crippen LogP contribution is -2.56. The Hall–Kier alpha value is -1.68. The number of carbonyl (C=O) groups is 2. The molecule has 1 aliphatic heterocycles. The van der Waals surface area contributed by atoms with Crippen molar-refractivity contribution in [2.45, 2.75) is 24.8 Å². The van der Waals surface area contributed by atoms with Gasteiger partial charge in [-0.15, -0.1) is 0 Å². The predicted molar refractivity (Wildman–Crippen MR) is 62.6 cm³/mol. The quantitative estimate of drug-likeness (QED) is 0.775. The molecule has 0 aromatic heterocycles. The molecule has 1 heterocycles. The van der Waals surface area contributed by atoms with E-state index in [0.717, 1.165) is 19.3 Å². The number of hydrogen-bond acceptors (Lipinski definition) is 3. The highest BCUT2D eigenvalue weighted by atomic mass is 16.2. The number of hydrogen-bond donors (Lipinski definition) is 1. The van der Waals surface area contributed by atoms with Gasteiger partial charge >= 0.3 is 0 Å². The largest absolute Gasteiger partial charge is 0.324 e. The lowest BCUT2D eigenvalue weighted by Gasteiger charge is -2.40. The van der Waals surface area contributed by atoms with Crippen molar-refractivity contribution in [2.24, 2.45) is 5.73 Å². The first-order valence-corrected chi connectivity index (χ1v) is 5.85. The van der Waals surface area contributed by atoms with Gasteiger partial charge < -0.3 is 5.73 Å². The first-order chi connectivity index (χ1) is 8.11. The van der Waals surface area contributed by atoms with E-state index in [1.165, 1.54) is 4.90 Å². The minimum absolute atomic E-state index is 0.206. The van der Waals surface area contributed by atoms with Crippen LogP contribution >= 0.6 is 0 Å². The van der Waals surface area contributed by atoms with Crippen LogP contribution in [-0.2, 0) is 0 Å². The van der Waals surface area contributed by atoms with Crippen LogP contribution < -0.4 is 5.73 Å². The Labute approximate surface area is 99.4 Å². The second-order valence-electron chi connectivity index (χ2n) is 4.96. The molecule has 0 unspecified atom stereocenters. The van der Waals surface area contributed by atoms with Crippen LogP contribution in [0.3, 0.4) is 0 Å². The molecule has 0 spiro atoms. The van der Waals surface area contributed by atoms with E-state index in [0.29, 0.717) is 17.7 Å². The number of rotatable bonds is 2. The Morgan fingerprint density at radius 1 is 1.12 bits per heavy atom. The van der Waals surface area contributed by atoms with Crippen molar-refractivity contribution in [3.8, 4) is 0 Å². The first-order valence-electron chi connectivity index (χ1n) is 5.85. The minimum atomic E-state index is -0.354. The standard InChI is InChI=1S/C13H14N2O2/c14-13(6-3-7-13)8-15-11(16)9-4-1-2-5-10(9)12(15)17/h1-2,4-5H,3,6-8,14H2. The van der Waals surface area contributed by atoms with Crippen LogP contribution in [0.4, 0.5) is 0 Å². The maximum Gasteiger partial charge on any atom is 0.261 e. The molecule has 2 aliphatic rings. The summed E-state index contributed by atoms with van der Waals surface area (Å²) in [6, 6.07) is 6.93. The molecule has 3 rings (SSSR count). The lowest BCUT2D eigenvalue weighted by atomic mass is 9.77. The molecule has 4 heteroatoms. The number of nitrogens with zero attached hydrogens (tertiary/aromatic N) is 1. The number of fused-ring (bicyclic) bond motifs is 1. The fourth-order valence-corrected chi connectivity index (χ4v) is 2.49. The summed E-state index contributed by atoms with van der Waals surface area (Å²) in [5, 5.41) is 0. The van der Waals surface area contributed by atoms with Gasteiger partial charge in [-0.05, 0) is 31.4 Å². The Balaban J connectivity index is 1.90. The summed E-state index contributed by atoms with van der Waals surface area (Å²) in [6.45, 7) is 0.347. The van der Waals surface area contributed by atoms with E-state index in [2.05, 4.69) is 0 Å². The molecule has 1 aromatic carbocycles. The highest BCUT2D eigenvalue weighted by Crippen LogP contribution is 2.32. The van der Waals surface area contributed by atoms with Crippen molar-refractivity contribution < 1.29 is 9.59 Å². The van der Waals surface area contributed by atoms with Gasteiger partial charge in [-0.2, -0.15) is 0 Å². The van der Waals surface area contributed by atoms with Crippen molar-refractivity contribution in [2.75, 3.05) is 6.54 Å². The smallest absolute Gasteiger partial charge is 0.261 e. The molecule has 88 valence electrons. The SMILES string of the molecule is NC1(CN2C(=O)c3ccccc3C2=O)CCC1. The van der Waals surface area contributed by atoms with Crippen LogP contribution in [0.1, 0.15) is 40.0 Å². The van der Waals surface area contributed by atoms with E-state index in [9.17, 15) is 9.59 Å². The third-order valence-corrected chi connectivity index (χ3v) is 3.70. The van der Waals surface area contributed by atoms with Gasteiger partial charge in [0.25, 0.3) is 11.8 Å². The van der Waals surface area contributed by atoms with Crippen molar-refractivity contribution in [3.63, 3.8) is 0 Å². The zero-order valence-corrected chi connectivity index (χ0v) is 9.48. The molecule has 2 N–H and O–H groups in total. The third kappa shape index (κ3) is 1.48. The number of carbonyl (C=O) groups excluding carboxylic acids is 2. The molecule has 2 amide bonds.